The lowest BCUT2D eigenvalue weighted by Gasteiger charge is -2.41. The smallest absolute Gasteiger partial charge is 0.243 e. The van der Waals surface area contributed by atoms with Crippen molar-refractivity contribution in [3.8, 4) is 6.07 Å². The van der Waals surface area contributed by atoms with E-state index in [0.29, 0.717) is 11.6 Å². The molecule has 118 valence electrons. The van der Waals surface area contributed by atoms with Crippen LogP contribution in [0.1, 0.15) is 32.3 Å². The first-order valence-corrected chi connectivity index (χ1v) is 9.15. The summed E-state index contributed by atoms with van der Waals surface area (Å²) < 4.78 is 27.7. The van der Waals surface area contributed by atoms with E-state index in [0.717, 1.165) is 25.9 Å². The van der Waals surface area contributed by atoms with Gasteiger partial charge in [-0.05, 0) is 44.9 Å². The van der Waals surface area contributed by atoms with Crippen molar-refractivity contribution in [2.45, 2.75) is 49.7 Å². The molecule has 2 bridgehead atoms. The lowest BCUT2D eigenvalue weighted by molar-refractivity contribution is 0.103. The topological polar surface area (TPSA) is 64.4 Å². The average molecular weight is 319 g/mol. The average Bonchev–Trinajstić information content (AvgIpc) is 2.78. The predicted molar refractivity (Wildman–Crippen MR) is 83.7 cm³/mol. The van der Waals surface area contributed by atoms with E-state index in [4.69, 9.17) is 5.26 Å². The van der Waals surface area contributed by atoms with E-state index in [1.54, 1.807) is 22.5 Å². The largest absolute Gasteiger partial charge is 0.298 e. The molecule has 0 saturated carbocycles. The molecule has 2 heterocycles. The van der Waals surface area contributed by atoms with E-state index in [1.165, 1.54) is 6.07 Å². The van der Waals surface area contributed by atoms with Crippen LogP contribution in [0.25, 0.3) is 0 Å². The zero-order valence-electron chi connectivity index (χ0n) is 12.9. The normalized spacial score (nSPS) is 26.3. The Hall–Kier alpha value is -1.42. The summed E-state index contributed by atoms with van der Waals surface area (Å²) in [7, 11) is -3.52. The molecule has 3 rings (SSSR count). The molecule has 2 aliphatic heterocycles. The Balaban J connectivity index is 1.92. The molecule has 22 heavy (non-hydrogen) atoms. The third kappa shape index (κ3) is 2.54. The third-order valence-corrected chi connectivity index (χ3v) is 6.71. The van der Waals surface area contributed by atoms with Gasteiger partial charge in [-0.2, -0.15) is 9.57 Å². The minimum absolute atomic E-state index is 0.0527. The van der Waals surface area contributed by atoms with Crippen LogP contribution in [0, 0.1) is 11.3 Å². The van der Waals surface area contributed by atoms with Crippen molar-refractivity contribution in [1.29, 1.82) is 5.26 Å². The van der Waals surface area contributed by atoms with Crippen molar-refractivity contribution in [3.05, 3.63) is 29.8 Å². The Morgan fingerprint density at radius 2 is 1.86 bits per heavy atom. The lowest BCUT2D eigenvalue weighted by atomic mass is 10.2. The summed E-state index contributed by atoms with van der Waals surface area (Å²) in [5.74, 6) is 0. The second kappa shape index (κ2) is 5.65. The van der Waals surface area contributed by atoms with Gasteiger partial charge in [-0.15, -0.1) is 0 Å². The third-order valence-electron chi connectivity index (χ3n) is 4.71. The maximum atomic E-state index is 13.0. The Morgan fingerprint density at radius 3 is 2.41 bits per heavy atom. The number of nitriles is 1. The SMILES string of the molecule is CC(C)N1CC2CCC(C1)N2S(=O)(=O)c1cccc(C#N)c1. The van der Waals surface area contributed by atoms with Crippen LogP contribution >= 0.6 is 0 Å². The van der Waals surface area contributed by atoms with Gasteiger partial charge in [-0.1, -0.05) is 6.07 Å². The van der Waals surface area contributed by atoms with Gasteiger partial charge in [-0.25, -0.2) is 8.42 Å². The molecular weight excluding hydrogens is 298 g/mol. The molecule has 0 N–H and O–H groups in total. The molecule has 2 unspecified atom stereocenters. The van der Waals surface area contributed by atoms with Gasteiger partial charge in [0.05, 0.1) is 16.5 Å². The van der Waals surface area contributed by atoms with Crippen molar-refractivity contribution in [2.75, 3.05) is 13.1 Å². The van der Waals surface area contributed by atoms with Crippen molar-refractivity contribution >= 4 is 10.0 Å². The van der Waals surface area contributed by atoms with Gasteiger partial charge >= 0.3 is 0 Å². The standard InChI is InChI=1S/C16H21N3O2S/c1-12(2)18-10-14-6-7-15(11-18)19(14)22(20,21)16-5-3-4-13(8-16)9-17/h3-5,8,12,14-15H,6-7,10-11H2,1-2H3. The van der Waals surface area contributed by atoms with Crippen LogP contribution in [0.4, 0.5) is 0 Å². The van der Waals surface area contributed by atoms with Crippen molar-refractivity contribution < 1.29 is 8.42 Å². The summed E-state index contributed by atoms with van der Waals surface area (Å²) in [6.45, 7) is 5.90. The summed E-state index contributed by atoms with van der Waals surface area (Å²) in [4.78, 5) is 2.60. The van der Waals surface area contributed by atoms with Crippen molar-refractivity contribution in [2.24, 2.45) is 0 Å². The number of rotatable bonds is 3. The second-order valence-electron chi connectivity index (χ2n) is 6.41. The first-order valence-electron chi connectivity index (χ1n) is 7.71. The van der Waals surface area contributed by atoms with Crippen LogP contribution in [0.15, 0.2) is 29.2 Å². The number of piperazine rings is 1. The second-order valence-corrected chi connectivity index (χ2v) is 8.25. The van der Waals surface area contributed by atoms with Gasteiger partial charge in [0.15, 0.2) is 0 Å². The summed E-state index contributed by atoms with van der Waals surface area (Å²) >= 11 is 0. The molecule has 2 aliphatic rings. The van der Waals surface area contributed by atoms with E-state index in [1.807, 2.05) is 6.07 Å². The Labute approximate surface area is 132 Å². The Bertz CT molecular complexity index is 694. The molecular formula is C16H21N3O2S. The van der Waals surface area contributed by atoms with Gasteiger partial charge in [0, 0.05) is 31.2 Å². The molecule has 2 fully saturated rings. The van der Waals surface area contributed by atoms with E-state index in [9.17, 15) is 8.42 Å². The number of benzene rings is 1. The first kappa shape index (κ1) is 15.5. The van der Waals surface area contributed by atoms with Crippen LogP contribution in [-0.2, 0) is 10.0 Å². The van der Waals surface area contributed by atoms with E-state index in [-0.39, 0.29) is 17.0 Å². The summed E-state index contributed by atoms with van der Waals surface area (Å²) in [5, 5.41) is 8.99. The molecule has 2 saturated heterocycles. The highest BCUT2D eigenvalue weighted by Gasteiger charge is 2.46. The molecule has 2 atom stereocenters. The highest BCUT2D eigenvalue weighted by atomic mass is 32.2. The molecule has 0 spiro atoms. The van der Waals surface area contributed by atoms with Gasteiger partial charge < -0.3 is 0 Å². The monoisotopic (exact) mass is 319 g/mol. The molecule has 0 aromatic heterocycles. The van der Waals surface area contributed by atoms with Crippen LogP contribution < -0.4 is 0 Å². The van der Waals surface area contributed by atoms with Gasteiger partial charge in [-0.3, -0.25) is 4.90 Å². The number of hydrogen-bond donors (Lipinski definition) is 0. The molecule has 0 amide bonds. The van der Waals surface area contributed by atoms with Gasteiger partial charge in [0.25, 0.3) is 0 Å². The lowest BCUT2D eigenvalue weighted by Crippen LogP contribution is -2.57. The number of fused-ring (bicyclic) bond motifs is 2. The highest BCUT2D eigenvalue weighted by Crippen LogP contribution is 2.35. The number of likely N-dealkylation sites (tertiary alicyclic amines) is 1. The fourth-order valence-corrected chi connectivity index (χ4v) is 5.46. The number of hydrogen-bond acceptors (Lipinski definition) is 4. The predicted octanol–water partition coefficient (Wildman–Crippen LogP) is 1.80. The van der Waals surface area contributed by atoms with E-state index >= 15 is 0 Å². The fraction of sp³-hybridized carbons (Fsp3) is 0.562. The zero-order valence-corrected chi connectivity index (χ0v) is 13.8. The van der Waals surface area contributed by atoms with Crippen LogP contribution in [0.3, 0.4) is 0 Å². The first-order chi connectivity index (χ1) is 10.4. The van der Waals surface area contributed by atoms with Crippen molar-refractivity contribution in [3.63, 3.8) is 0 Å². The fourth-order valence-electron chi connectivity index (χ4n) is 3.56. The molecule has 1 aromatic carbocycles. The maximum Gasteiger partial charge on any atom is 0.243 e. The minimum atomic E-state index is -3.52. The van der Waals surface area contributed by atoms with E-state index in [2.05, 4.69) is 18.7 Å². The maximum absolute atomic E-state index is 13.0. The van der Waals surface area contributed by atoms with E-state index < -0.39 is 10.0 Å². The Morgan fingerprint density at radius 1 is 1.23 bits per heavy atom. The molecule has 5 nitrogen and oxygen atoms in total. The van der Waals surface area contributed by atoms with Gasteiger partial charge in [0.1, 0.15) is 0 Å². The molecule has 0 radical (unpaired) electrons. The number of nitrogens with zero attached hydrogens (tertiary/aromatic N) is 3. The van der Waals surface area contributed by atoms with Crippen molar-refractivity contribution in [1.82, 2.24) is 9.21 Å². The van der Waals surface area contributed by atoms with Crippen LogP contribution in [0.5, 0.6) is 0 Å². The highest BCUT2D eigenvalue weighted by molar-refractivity contribution is 7.89. The Kier molecular flexibility index (Phi) is 3.98. The summed E-state index contributed by atoms with van der Waals surface area (Å²) in [6, 6.07) is 8.89. The molecule has 0 aliphatic carbocycles. The van der Waals surface area contributed by atoms with Crippen LogP contribution in [-0.4, -0.2) is 48.8 Å². The van der Waals surface area contributed by atoms with Gasteiger partial charge in [0.2, 0.25) is 10.0 Å². The van der Waals surface area contributed by atoms with Crippen LogP contribution in [0.2, 0.25) is 0 Å². The molecule has 6 heteroatoms. The summed E-state index contributed by atoms with van der Waals surface area (Å²) in [6.07, 6.45) is 1.84. The molecule has 1 aromatic rings. The summed E-state index contributed by atoms with van der Waals surface area (Å²) in [5.41, 5.74) is 0.384. The minimum Gasteiger partial charge on any atom is -0.298 e. The zero-order chi connectivity index (χ0) is 15.9. The number of sulfonamides is 1. The quantitative estimate of drug-likeness (QED) is 0.852.